The first-order valence-corrected chi connectivity index (χ1v) is 8.93. The number of nitrogens with zero attached hydrogens (tertiary/aromatic N) is 5. The zero-order valence-corrected chi connectivity index (χ0v) is 15.2. The highest BCUT2D eigenvalue weighted by Crippen LogP contribution is 2.16. The van der Waals surface area contributed by atoms with Crippen LogP contribution in [0.1, 0.15) is 11.4 Å². The molecule has 0 aliphatic rings. The molecule has 0 spiro atoms. The van der Waals surface area contributed by atoms with Crippen molar-refractivity contribution in [2.45, 2.75) is 18.9 Å². The fraction of sp³-hybridized carbons (Fsp3) is 0.214. The summed E-state index contributed by atoms with van der Waals surface area (Å²) in [6.07, 6.45) is 0. The average Bonchev–Trinajstić information content (AvgIpc) is 2.89. The number of urea groups is 1. The second-order valence-corrected chi connectivity index (χ2v) is 6.99. The van der Waals surface area contributed by atoms with E-state index in [1.807, 2.05) is 0 Å². The Balaban J connectivity index is 1.89. The standard InChI is InChI=1S/C14H14FN7O4S/c1-7-4-5-9-17-11(15)12(22(9)20-7)27(24,25)21-14(23)19-13-16-8(2)6-10(18-13)26-3/h4-6H,1-3H3,(H2,16,18,19,21,23). The molecule has 3 aromatic rings. The maximum Gasteiger partial charge on any atom is 0.335 e. The van der Waals surface area contributed by atoms with Gasteiger partial charge < -0.3 is 4.74 Å². The van der Waals surface area contributed by atoms with E-state index in [2.05, 4.69) is 25.4 Å². The monoisotopic (exact) mass is 395 g/mol. The van der Waals surface area contributed by atoms with E-state index in [4.69, 9.17) is 4.74 Å². The summed E-state index contributed by atoms with van der Waals surface area (Å²) in [5, 5.41) is 5.17. The van der Waals surface area contributed by atoms with Gasteiger partial charge in [-0.15, -0.1) is 0 Å². The van der Waals surface area contributed by atoms with Crippen LogP contribution in [0.4, 0.5) is 15.1 Å². The Kier molecular flexibility index (Phi) is 4.61. The molecular weight excluding hydrogens is 381 g/mol. The maximum absolute atomic E-state index is 14.1. The lowest BCUT2D eigenvalue weighted by Gasteiger charge is -2.08. The minimum atomic E-state index is -4.62. The number of sulfonamides is 1. The Bertz CT molecular complexity index is 1150. The lowest BCUT2D eigenvalue weighted by molar-refractivity contribution is 0.256. The van der Waals surface area contributed by atoms with Crippen LogP contribution < -0.4 is 14.8 Å². The van der Waals surface area contributed by atoms with E-state index in [1.165, 1.54) is 19.2 Å². The fourth-order valence-corrected chi connectivity index (χ4v) is 3.22. The Labute approximate surface area is 152 Å². The highest BCUT2D eigenvalue weighted by atomic mass is 32.2. The number of methoxy groups -OCH3 is 1. The van der Waals surface area contributed by atoms with Crippen molar-refractivity contribution in [1.82, 2.24) is 29.3 Å². The van der Waals surface area contributed by atoms with E-state index in [9.17, 15) is 17.6 Å². The number of aromatic nitrogens is 5. The van der Waals surface area contributed by atoms with Gasteiger partial charge in [0.15, 0.2) is 5.65 Å². The molecule has 0 radical (unpaired) electrons. The van der Waals surface area contributed by atoms with Crippen molar-refractivity contribution in [2.75, 3.05) is 12.4 Å². The van der Waals surface area contributed by atoms with Crippen molar-refractivity contribution in [3.63, 3.8) is 0 Å². The van der Waals surface area contributed by atoms with Gasteiger partial charge in [0.25, 0.3) is 16.0 Å². The number of hydrogen-bond acceptors (Lipinski definition) is 8. The van der Waals surface area contributed by atoms with E-state index in [1.54, 1.807) is 24.6 Å². The van der Waals surface area contributed by atoms with Crippen LogP contribution in [-0.4, -0.2) is 46.1 Å². The molecule has 27 heavy (non-hydrogen) atoms. The summed E-state index contributed by atoms with van der Waals surface area (Å²) in [6.45, 7) is 3.22. The summed E-state index contributed by atoms with van der Waals surface area (Å²) in [5.74, 6) is -1.30. The van der Waals surface area contributed by atoms with E-state index in [-0.39, 0.29) is 17.5 Å². The highest BCUT2D eigenvalue weighted by molar-refractivity contribution is 7.90. The van der Waals surface area contributed by atoms with Crippen molar-refractivity contribution in [2.24, 2.45) is 0 Å². The van der Waals surface area contributed by atoms with Gasteiger partial charge in [-0.05, 0) is 26.0 Å². The van der Waals surface area contributed by atoms with Crippen molar-refractivity contribution in [1.29, 1.82) is 0 Å². The van der Waals surface area contributed by atoms with Gasteiger partial charge in [0, 0.05) is 11.8 Å². The maximum atomic E-state index is 14.1. The summed E-state index contributed by atoms with van der Waals surface area (Å²) in [5.41, 5.74) is 0.888. The second kappa shape index (κ2) is 6.75. The van der Waals surface area contributed by atoms with E-state index < -0.39 is 27.0 Å². The van der Waals surface area contributed by atoms with Crippen LogP contribution in [0.5, 0.6) is 5.88 Å². The minimum Gasteiger partial charge on any atom is -0.481 e. The van der Waals surface area contributed by atoms with Crippen molar-refractivity contribution in [3.05, 3.63) is 35.5 Å². The van der Waals surface area contributed by atoms with Gasteiger partial charge in [-0.3, -0.25) is 5.32 Å². The number of carbonyl (C=O) groups excluding carboxylic acids is 1. The zero-order valence-electron chi connectivity index (χ0n) is 14.4. The molecule has 2 amide bonds. The number of ether oxygens (including phenoxy) is 1. The number of amides is 2. The van der Waals surface area contributed by atoms with Gasteiger partial charge in [0.05, 0.1) is 12.8 Å². The molecule has 0 saturated carbocycles. The normalized spacial score (nSPS) is 11.4. The third kappa shape index (κ3) is 3.76. The van der Waals surface area contributed by atoms with Crippen LogP contribution in [0.25, 0.3) is 5.65 Å². The number of imidazole rings is 1. The molecule has 0 atom stereocenters. The van der Waals surface area contributed by atoms with Crippen molar-refractivity contribution >= 4 is 27.6 Å². The molecule has 3 heterocycles. The van der Waals surface area contributed by atoms with Gasteiger partial charge in [-0.1, -0.05) is 0 Å². The molecule has 13 heteroatoms. The molecule has 3 aromatic heterocycles. The first-order chi connectivity index (χ1) is 12.7. The van der Waals surface area contributed by atoms with Gasteiger partial charge in [-0.2, -0.15) is 32.4 Å². The van der Waals surface area contributed by atoms with Crippen LogP contribution in [0, 0.1) is 19.8 Å². The van der Waals surface area contributed by atoms with Crippen LogP contribution in [0.2, 0.25) is 0 Å². The quantitative estimate of drug-likeness (QED) is 0.661. The number of hydrogen-bond donors (Lipinski definition) is 2. The third-order valence-electron chi connectivity index (χ3n) is 3.28. The largest absolute Gasteiger partial charge is 0.481 e. The lowest BCUT2D eigenvalue weighted by Crippen LogP contribution is -2.36. The van der Waals surface area contributed by atoms with Gasteiger partial charge in [0.2, 0.25) is 16.9 Å². The summed E-state index contributed by atoms with van der Waals surface area (Å²) in [7, 11) is -3.25. The van der Waals surface area contributed by atoms with Gasteiger partial charge >= 0.3 is 6.03 Å². The summed E-state index contributed by atoms with van der Waals surface area (Å²) in [4.78, 5) is 23.3. The number of rotatable bonds is 4. The predicted octanol–water partition coefficient (Wildman–Crippen LogP) is 0.794. The van der Waals surface area contributed by atoms with Gasteiger partial charge in [0.1, 0.15) is 0 Å². The molecule has 3 rings (SSSR count). The second-order valence-electron chi connectivity index (χ2n) is 5.39. The predicted molar refractivity (Wildman–Crippen MR) is 90.3 cm³/mol. The molecule has 0 unspecified atom stereocenters. The number of fused-ring (bicyclic) bond motifs is 1. The van der Waals surface area contributed by atoms with Crippen LogP contribution >= 0.6 is 0 Å². The Morgan fingerprint density at radius 1 is 1.19 bits per heavy atom. The highest BCUT2D eigenvalue weighted by Gasteiger charge is 2.29. The van der Waals surface area contributed by atoms with E-state index in [0.29, 0.717) is 11.4 Å². The molecule has 0 bridgehead atoms. The molecular formula is C14H14FN7O4S. The van der Waals surface area contributed by atoms with Crippen molar-refractivity contribution in [3.8, 4) is 5.88 Å². The first kappa shape index (κ1) is 18.4. The zero-order chi connectivity index (χ0) is 19.8. The van der Waals surface area contributed by atoms with E-state index >= 15 is 0 Å². The smallest absolute Gasteiger partial charge is 0.335 e. The Hall–Kier alpha value is -3.35. The number of anilines is 1. The van der Waals surface area contributed by atoms with Gasteiger partial charge in [-0.25, -0.2) is 14.5 Å². The fourth-order valence-electron chi connectivity index (χ4n) is 2.20. The molecule has 2 N–H and O–H groups in total. The summed E-state index contributed by atoms with van der Waals surface area (Å²) < 4.78 is 46.4. The topological polar surface area (TPSA) is 140 Å². The molecule has 0 aromatic carbocycles. The first-order valence-electron chi connectivity index (χ1n) is 7.45. The van der Waals surface area contributed by atoms with Crippen LogP contribution in [0.3, 0.4) is 0 Å². The number of carbonyl (C=O) groups is 1. The number of nitrogens with one attached hydrogen (secondary N) is 2. The average molecular weight is 395 g/mol. The molecule has 0 aliphatic heterocycles. The third-order valence-corrected chi connectivity index (χ3v) is 4.58. The molecule has 0 fully saturated rings. The number of aryl methyl sites for hydroxylation is 2. The Morgan fingerprint density at radius 2 is 1.93 bits per heavy atom. The molecule has 11 nitrogen and oxygen atoms in total. The Morgan fingerprint density at radius 3 is 2.63 bits per heavy atom. The van der Waals surface area contributed by atoms with Crippen molar-refractivity contribution < 1.29 is 22.3 Å². The molecule has 0 aliphatic carbocycles. The molecule has 0 saturated heterocycles. The summed E-state index contributed by atoms with van der Waals surface area (Å²) in [6, 6.07) is 3.27. The number of halogens is 1. The SMILES string of the molecule is COc1cc(C)nc(NC(=O)NS(=O)(=O)c2c(F)nc3ccc(C)nn23)n1. The van der Waals surface area contributed by atoms with E-state index in [0.717, 1.165) is 4.52 Å². The molecule has 142 valence electrons. The van der Waals surface area contributed by atoms with Crippen LogP contribution in [-0.2, 0) is 10.0 Å². The lowest BCUT2D eigenvalue weighted by atomic mass is 10.4. The minimum absolute atomic E-state index is 0.0226. The summed E-state index contributed by atoms with van der Waals surface area (Å²) >= 11 is 0. The van der Waals surface area contributed by atoms with Crippen LogP contribution in [0.15, 0.2) is 23.2 Å².